The van der Waals surface area contributed by atoms with Crippen LogP contribution in [0.25, 0.3) is 0 Å². The second kappa shape index (κ2) is 3.01. The number of carbonyl (C=O) groups is 1. The number of primary amides is 1. The minimum atomic E-state index is -0.451. The smallest absolute Gasteiger partial charge is 0.224 e. The molecule has 0 heterocycles. The molecule has 0 aliphatic rings. The molecule has 0 unspecified atom stereocenters. The first-order chi connectivity index (χ1) is 3.66. The Morgan fingerprint density at radius 3 is 2.25 bits per heavy atom. The summed E-state index contributed by atoms with van der Waals surface area (Å²) in [4.78, 5) is 13.6. The van der Waals surface area contributed by atoms with Gasteiger partial charge in [0.05, 0.1) is 6.42 Å². The van der Waals surface area contributed by atoms with E-state index in [1.165, 1.54) is 7.05 Å². The zero-order chi connectivity index (χ0) is 6.57. The van der Waals surface area contributed by atoms with Crippen LogP contribution in [0.5, 0.6) is 0 Å². The fourth-order valence-electron chi connectivity index (χ4n) is 0.258. The molecular weight excluding hydrogens is 106 g/mol. The molecule has 0 rings (SSSR count). The molecule has 0 bridgehead atoms. The molecule has 0 aromatic carbocycles. The normalized spacial score (nSPS) is 11.4. The van der Waals surface area contributed by atoms with Crippen LogP contribution in [-0.2, 0) is 4.79 Å². The molecule has 0 radical (unpaired) electrons. The highest BCUT2D eigenvalue weighted by molar-refractivity contribution is 5.98. The van der Waals surface area contributed by atoms with Crippen LogP contribution >= 0.6 is 0 Å². The average Bonchev–Trinajstić information content (AvgIpc) is 1.65. The van der Waals surface area contributed by atoms with Gasteiger partial charge in [-0.25, -0.2) is 0 Å². The van der Waals surface area contributed by atoms with E-state index in [1.54, 1.807) is 0 Å². The van der Waals surface area contributed by atoms with E-state index >= 15 is 0 Å². The van der Waals surface area contributed by atoms with E-state index in [4.69, 9.17) is 11.5 Å². The van der Waals surface area contributed by atoms with Gasteiger partial charge in [0.1, 0.15) is 5.84 Å². The lowest BCUT2D eigenvalue weighted by molar-refractivity contribution is -0.116. The number of rotatable bonds is 2. The summed E-state index contributed by atoms with van der Waals surface area (Å²) in [6, 6.07) is 0. The minimum absolute atomic E-state index is 0.0521. The van der Waals surface area contributed by atoms with Gasteiger partial charge in [0, 0.05) is 7.05 Å². The molecule has 0 spiro atoms. The van der Waals surface area contributed by atoms with Crippen molar-refractivity contribution in [2.24, 2.45) is 16.5 Å². The zero-order valence-corrected chi connectivity index (χ0v) is 4.72. The standard InChI is InChI=1S/C4H9N3O/c1-7-3(5)2-4(6)8/h2H2,1H3,(H2,5,7)(H2,6,8). The summed E-state index contributed by atoms with van der Waals surface area (Å²) in [6.45, 7) is 0. The first-order valence-corrected chi connectivity index (χ1v) is 2.16. The van der Waals surface area contributed by atoms with Gasteiger partial charge in [-0.2, -0.15) is 0 Å². The van der Waals surface area contributed by atoms with E-state index in [-0.39, 0.29) is 12.3 Å². The summed E-state index contributed by atoms with van der Waals surface area (Å²) in [7, 11) is 1.51. The number of aliphatic imine (C=N–C) groups is 1. The Balaban J connectivity index is 3.56. The zero-order valence-electron chi connectivity index (χ0n) is 4.72. The van der Waals surface area contributed by atoms with E-state index in [0.29, 0.717) is 0 Å². The number of hydrogen-bond donors (Lipinski definition) is 2. The van der Waals surface area contributed by atoms with Crippen LogP contribution in [0.3, 0.4) is 0 Å². The fourth-order valence-corrected chi connectivity index (χ4v) is 0.258. The van der Waals surface area contributed by atoms with E-state index in [9.17, 15) is 4.79 Å². The quantitative estimate of drug-likeness (QED) is 0.352. The van der Waals surface area contributed by atoms with Crippen LogP contribution in [0.1, 0.15) is 6.42 Å². The molecule has 0 aliphatic heterocycles. The van der Waals surface area contributed by atoms with Gasteiger partial charge in [0.25, 0.3) is 0 Å². The number of hydrogen-bond acceptors (Lipinski definition) is 2. The highest BCUT2D eigenvalue weighted by Crippen LogP contribution is 1.73. The maximum Gasteiger partial charge on any atom is 0.224 e. The summed E-state index contributed by atoms with van der Waals surface area (Å²) >= 11 is 0. The predicted molar refractivity (Wildman–Crippen MR) is 31.4 cm³/mol. The monoisotopic (exact) mass is 115 g/mol. The van der Waals surface area contributed by atoms with Crippen LogP contribution in [0.4, 0.5) is 0 Å². The molecule has 0 aliphatic carbocycles. The molecule has 0 atom stereocenters. The van der Waals surface area contributed by atoms with Crippen molar-refractivity contribution in [2.75, 3.05) is 7.05 Å². The Labute approximate surface area is 47.6 Å². The van der Waals surface area contributed by atoms with Crippen LogP contribution in [0.15, 0.2) is 4.99 Å². The number of nitrogens with zero attached hydrogens (tertiary/aromatic N) is 1. The maximum atomic E-state index is 10.0. The van der Waals surface area contributed by atoms with Gasteiger partial charge in [0.2, 0.25) is 5.91 Å². The molecule has 0 aromatic heterocycles. The molecule has 46 valence electrons. The van der Waals surface area contributed by atoms with Gasteiger partial charge in [0.15, 0.2) is 0 Å². The molecule has 4 N–H and O–H groups in total. The van der Waals surface area contributed by atoms with Crippen molar-refractivity contribution in [1.82, 2.24) is 0 Å². The van der Waals surface area contributed by atoms with E-state index in [0.717, 1.165) is 0 Å². The third-order valence-corrected chi connectivity index (χ3v) is 0.643. The van der Waals surface area contributed by atoms with Gasteiger partial charge >= 0.3 is 0 Å². The highest BCUT2D eigenvalue weighted by Gasteiger charge is 1.94. The average molecular weight is 115 g/mol. The van der Waals surface area contributed by atoms with E-state index in [2.05, 4.69) is 4.99 Å². The second-order valence-electron chi connectivity index (χ2n) is 1.36. The van der Waals surface area contributed by atoms with Crippen molar-refractivity contribution < 1.29 is 4.79 Å². The first-order valence-electron chi connectivity index (χ1n) is 2.16. The van der Waals surface area contributed by atoms with Crippen LogP contribution < -0.4 is 11.5 Å². The van der Waals surface area contributed by atoms with Crippen molar-refractivity contribution in [1.29, 1.82) is 0 Å². The Hall–Kier alpha value is -1.06. The third-order valence-electron chi connectivity index (χ3n) is 0.643. The van der Waals surface area contributed by atoms with Gasteiger partial charge in [-0.15, -0.1) is 0 Å². The molecule has 0 fully saturated rings. The Morgan fingerprint density at radius 2 is 2.12 bits per heavy atom. The van der Waals surface area contributed by atoms with Crippen LogP contribution in [-0.4, -0.2) is 18.8 Å². The van der Waals surface area contributed by atoms with Crippen molar-refractivity contribution >= 4 is 11.7 Å². The largest absolute Gasteiger partial charge is 0.387 e. The highest BCUT2D eigenvalue weighted by atomic mass is 16.1. The van der Waals surface area contributed by atoms with Gasteiger partial charge in [-0.1, -0.05) is 0 Å². The number of nitrogens with two attached hydrogens (primary N) is 2. The summed E-state index contributed by atoms with van der Waals surface area (Å²) in [5, 5.41) is 0. The summed E-state index contributed by atoms with van der Waals surface area (Å²) in [5.74, 6) is -0.175. The van der Waals surface area contributed by atoms with Crippen molar-refractivity contribution in [3.63, 3.8) is 0 Å². The maximum absolute atomic E-state index is 10.0. The van der Waals surface area contributed by atoms with Gasteiger partial charge in [-0.3, -0.25) is 9.79 Å². The van der Waals surface area contributed by atoms with Crippen LogP contribution in [0, 0.1) is 0 Å². The SMILES string of the molecule is CN=C(N)CC(N)=O. The number of amides is 1. The summed E-state index contributed by atoms with van der Waals surface area (Å²) in [5.41, 5.74) is 9.89. The summed E-state index contributed by atoms with van der Waals surface area (Å²) < 4.78 is 0. The molecular formula is C4H9N3O. The lowest BCUT2D eigenvalue weighted by Gasteiger charge is -1.90. The molecule has 8 heavy (non-hydrogen) atoms. The lowest BCUT2D eigenvalue weighted by atomic mass is 10.4. The Bertz CT molecular complexity index is 118. The van der Waals surface area contributed by atoms with E-state index in [1.807, 2.05) is 0 Å². The predicted octanol–water partition coefficient (Wildman–Crippen LogP) is -1.15. The molecule has 0 saturated heterocycles. The van der Waals surface area contributed by atoms with Gasteiger partial charge in [-0.05, 0) is 0 Å². The minimum Gasteiger partial charge on any atom is -0.387 e. The summed E-state index contributed by atoms with van der Waals surface area (Å²) in [6.07, 6.45) is 0.0521. The van der Waals surface area contributed by atoms with Crippen molar-refractivity contribution in [3.05, 3.63) is 0 Å². The molecule has 0 saturated carbocycles. The lowest BCUT2D eigenvalue weighted by Crippen LogP contribution is -2.21. The fraction of sp³-hybridized carbons (Fsp3) is 0.500. The first kappa shape index (κ1) is 6.94. The van der Waals surface area contributed by atoms with Gasteiger partial charge < -0.3 is 11.5 Å². The second-order valence-corrected chi connectivity index (χ2v) is 1.36. The van der Waals surface area contributed by atoms with Crippen molar-refractivity contribution in [3.8, 4) is 0 Å². The van der Waals surface area contributed by atoms with Crippen LogP contribution in [0.2, 0.25) is 0 Å². The number of amidine groups is 1. The Morgan fingerprint density at radius 1 is 1.62 bits per heavy atom. The molecule has 4 nitrogen and oxygen atoms in total. The Kier molecular flexibility index (Phi) is 2.61. The van der Waals surface area contributed by atoms with Crippen molar-refractivity contribution in [2.45, 2.75) is 6.42 Å². The topological polar surface area (TPSA) is 81.5 Å². The molecule has 4 heteroatoms. The molecule has 1 amide bonds. The van der Waals surface area contributed by atoms with E-state index < -0.39 is 5.91 Å². The third kappa shape index (κ3) is 3.14. The number of carbonyl (C=O) groups excluding carboxylic acids is 1. The molecule has 0 aromatic rings.